The maximum atomic E-state index is 11.9. The summed E-state index contributed by atoms with van der Waals surface area (Å²) >= 11 is 5.12. The van der Waals surface area contributed by atoms with Gasteiger partial charge in [-0.05, 0) is 50.3 Å². The smallest absolute Gasteiger partial charge is 0.255 e. The minimum Gasteiger partial charge on any atom is -0.494 e. The number of hydrogen-bond donors (Lipinski definition) is 1. The molecule has 1 unspecified atom stereocenters. The van der Waals surface area contributed by atoms with Gasteiger partial charge in [-0.1, -0.05) is 0 Å². The molecule has 1 amide bonds. The number of thiocarbonyl (C=S) groups is 1. The van der Waals surface area contributed by atoms with Gasteiger partial charge in [0.2, 0.25) is 0 Å². The number of carbonyl (C=O) groups excluding carboxylic acids is 1. The zero-order chi connectivity index (χ0) is 12.4. The maximum Gasteiger partial charge on any atom is 0.255 e. The predicted molar refractivity (Wildman–Crippen MR) is 70.3 cm³/mol. The van der Waals surface area contributed by atoms with Gasteiger partial charge in [-0.25, -0.2) is 0 Å². The van der Waals surface area contributed by atoms with E-state index in [0.29, 0.717) is 11.7 Å². The Kier molecular flexibility index (Phi) is 3.28. The van der Waals surface area contributed by atoms with Crippen molar-refractivity contribution in [1.82, 2.24) is 5.32 Å². The molecule has 0 radical (unpaired) electrons. The normalized spacial score (nSPS) is 19.4. The van der Waals surface area contributed by atoms with Gasteiger partial charge in [-0.2, -0.15) is 0 Å². The first-order valence-electron chi connectivity index (χ1n) is 5.51. The first-order chi connectivity index (χ1) is 8.13. The van der Waals surface area contributed by atoms with Gasteiger partial charge in [0.1, 0.15) is 11.8 Å². The fraction of sp³-hybridized carbons (Fsp3) is 0.333. The van der Waals surface area contributed by atoms with Crippen LogP contribution in [0.2, 0.25) is 0 Å². The van der Waals surface area contributed by atoms with Gasteiger partial charge in [0.15, 0.2) is 5.11 Å². The molecule has 5 heteroatoms. The molecule has 1 aliphatic rings. The van der Waals surface area contributed by atoms with Crippen molar-refractivity contribution in [2.45, 2.75) is 19.9 Å². The summed E-state index contributed by atoms with van der Waals surface area (Å²) in [6.07, 6.45) is 0. The van der Waals surface area contributed by atoms with E-state index < -0.39 is 0 Å². The average molecular weight is 250 g/mol. The van der Waals surface area contributed by atoms with Crippen LogP contribution in [0.5, 0.6) is 5.75 Å². The van der Waals surface area contributed by atoms with E-state index >= 15 is 0 Å². The molecule has 0 aliphatic carbocycles. The maximum absolute atomic E-state index is 11.9. The molecule has 1 fully saturated rings. The molecule has 0 saturated carbocycles. The Bertz CT molecular complexity index is 444. The Hall–Kier alpha value is -1.62. The van der Waals surface area contributed by atoms with Crippen LogP contribution in [-0.4, -0.2) is 23.7 Å². The quantitative estimate of drug-likeness (QED) is 0.829. The lowest BCUT2D eigenvalue weighted by atomic mass is 10.2. The number of nitrogens with zero attached hydrogens (tertiary/aromatic N) is 1. The summed E-state index contributed by atoms with van der Waals surface area (Å²) in [4.78, 5) is 13.4. The number of carbonyl (C=O) groups is 1. The highest BCUT2D eigenvalue weighted by Gasteiger charge is 2.33. The van der Waals surface area contributed by atoms with E-state index in [4.69, 9.17) is 17.0 Å². The molecule has 1 atom stereocenters. The molecule has 4 nitrogen and oxygen atoms in total. The molecule has 0 aromatic heterocycles. The first-order valence-corrected chi connectivity index (χ1v) is 5.91. The van der Waals surface area contributed by atoms with Gasteiger partial charge in [-0.3, -0.25) is 9.69 Å². The molecule has 17 heavy (non-hydrogen) atoms. The van der Waals surface area contributed by atoms with Crippen LogP contribution in [0, 0.1) is 0 Å². The Balaban J connectivity index is 2.22. The summed E-state index contributed by atoms with van der Waals surface area (Å²) in [6, 6.07) is 7.06. The average Bonchev–Trinajstić information content (AvgIpc) is 2.55. The Morgan fingerprint density at radius 2 is 2.06 bits per heavy atom. The van der Waals surface area contributed by atoms with Crippen LogP contribution in [0.3, 0.4) is 0 Å². The zero-order valence-corrected chi connectivity index (χ0v) is 10.6. The number of hydrogen-bond acceptors (Lipinski definition) is 3. The Morgan fingerprint density at radius 3 is 2.53 bits per heavy atom. The SMILES string of the molecule is CCOc1ccc(N2C(=O)C(C)NC2=S)cc1. The molecular weight excluding hydrogens is 236 g/mol. The van der Waals surface area contributed by atoms with E-state index in [-0.39, 0.29) is 11.9 Å². The summed E-state index contributed by atoms with van der Waals surface area (Å²) in [6.45, 7) is 4.35. The molecule has 1 aromatic carbocycles. The van der Waals surface area contributed by atoms with E-state index in [1.54, 1.807) is 6.92 Å². The van der Waals surface area contributed by atoms with Crippen molar-refractivity contribution in [3.8, 4) is 5.75 Å². The number of amides is 1. The molecule has 1 heterocycles. The molecule has 1 N–H and O–H groups in total. The van der Waals surface area contributed by atoms with Crippen LogP contribution < -0.4 is 15.0 Å². The number of anilines is 1. The number of nitrogens with one attached hydrogen (secondary N) is 1. The molecule has 2 rings (SSSR count). The molecule has 1 aromatic rings. The van der Waals surface area contributed by atoms with Crippen molar-refractivity contribution in [3.05, 3.63) is 24.3 Å². The summed E-state index contributed by atoms with van der Waals surface area (Å²) in [5.74, 6) is 0.758. The van der Waals surface area contributed by atoms with Gasteiger partial charge in [0.05, 0.1) is 12.3 Å². The second kappa shape index (κ2) is 4.71. The lowest BCUT2D eigenvalue weighted by molar-refractivity contribution is -0.117. The van der Waals surface area contributed by atoms with Crippen LogP contribution in [0.1, 0.15) is 13.8 Å². The minimum atomic E-state index is -0.255. The monoisotopic (exact) mass is 250 g/mol. The fourth-order valence-electron chi connectivity index (χ4n) is 1.71. The van der Waals surface area contributed by atoms with Crippen LogP contribution >= 0.6 is 12.2 Å². The predicted octanol–water partition coefficient (Wildman–Crippen LogP) is 1.69. The van der Waals surface area contributed by atoms with Crippen molar-refractivity contribution in [2.24, 2.45) is 0 Å². The number of benzene rings is 1. The topological polar surface area (TPSA) is 41.6 Å². The minimum absolute atomic E-state index is 0.0286. The van der Waals surface area contributed by atoms with Gasteiger partial charge >= 0.3 is 0 Å². The van der Waals surface area contributed by atoms with Gasteiger partial charge in [0.25, 0.3) is 5.91 Å². The van der Waals surface area contributed by atoms with E-state index in [1.807, 2.05) is 31.2 Å². The highest BCUT2D eigenvalue weighted by molar-refractivity contribution is 7.80. The second-order valence-corrected chi connectivity index (χ2v) is 4.16. The Morgan fingerprint density at radius 1 is 1.41 bits per heavy atom. The highest BCUT2D eigenvalue weighted by atomic mass is 32.1. The van der Waals surface area contributed by atoms with Crippen molar-refractivity contribution in [3.63, 3.8) is 0 Å². The summed E-state index contributed by atoms with van der Waals surface area (Å²) in [5.41, 5.74) is 0.764. The molecule has 0 bridgehead atoms. The van der Waals surface area contributed by atoms with E-state index in [0.717, 1.165) is 11.4 Å². The lowest BCUT2D eigenvalue weighted by Gasteiger charge is -2.15. The van der Waals surface area contributed by atoms with Crippen molar-refractivity contribution in [1.29, 1.82) is 0 Å². The summed E-state index contributed by atoms with van der Waals surface area (Å²) in [5, 5.41) is 3.38. The van der Waals surface area contributed by atoms with Gasteiger partial charge in [0, 0.05) is 0 Å². The third-order valence-electron chi connectivity index (χ3n) is 2.54. The van der Waals surface area contributed by atoms with Crippen molar-refractivity contribution in [2.75, 3.05) is 11.5 Å². The summed E-state index contributed by atoms with van der Waals surface area (Å²) in [7, 11) is 0. The van der Waals surface area contributed by atoms with Gasteiger partial charge < -0.3 is 10.1 Å². The Labute approximate surface area is 106 Å². The molecule has 90 valence electrons. The second-order valence-electron chi connectivity index (χ2n) is 3.77. The van der Waals surface area contributed by atoms with E-state index in [9.17, 15) is 4.79 Å². The summed E-state index contributed by atoms with van der Waals surface area (Å²) < 4.78 is 5.35. The van der Waals surface area contributed by atoms with Crippen LogP contribution in [0.15, 0.2) is 24.3 Å². The van der Waals surface area contributed by atoms with Crippen LogP contribution in [0.4, 0.5) is 5.69 Å². The van der Waals surface area contributed by atoms with Crippen molar-refractivity contribution < 1.29 is 9.53 Å². The van der Waals surface area contributed by atoms with Crippen LogP contribution in [-0.2, 0) is 4.79 Å². The fourth-order valence-corrected chi connectivity index (χ4v) is 2.08. The zero-order valence-electron chi connectivity index (χ0n) is 9.77. The van der Waals surface area contributed by atoms with E-state index in [1.165, 1.54) is 4.90 Å². The molecule has 1 aliphatic heterocycles. The molecule has 1 saturated heterocycles. The van der Waals surface area contributed by atoms with Gasteiger partial charge in [-0.15, -0.1) is 0 Å². The standard InChI is InChI=1S/C12H14N2O2S/c1-3-16-10-6-4-9(5-7-10)14-11(15)8(2)13-12(14)17/h4-8H,3H2,1-2H3,(H,13,17). The first kappa shape index (κ1) is 11.9. The largest absolute Gasteiger partial charge is 0.494 e. The number of ether oxygens (including phenoxy) is 1. The third-order valence-corrected chi connectivity index (χ3v) is 2.84. The lowest BCUT2D eigenvalue weighted by Crippen LogP contribution is -2.30. The molecular formula is C12H14N2O2S. The van der Waals surface area contributed by atoms with Crippen LogP contribution in [0.25, 0.3) is 0 Å². The third kappa shape index (κ3) is 2.24. The van der Waals surface area contributed by atoms with Crippen molar-refractivity contribution >= 4 is 28.9 Å². The number of rotatable bonds is 3. The van der Waals surface area contributed by atoms with E-state index in [2.05, 4.69) is 5.32 Å². The highest BCUT2D eigenvalue weighted by Crippen LogP contribution is 2.22. The molecule has 0 spiro atoms.